The van der Waals surface area contributed by atoms with Crippen molar-refractivity contribution in [2.24, 2.45) is 0 Å². The van der Waals surface area contributed by atoms with Gasteiger partial charge in [0, 0.05) is 12.1 Å². The molecule has 1 unspecified atom stereocenters. The van der Waals surface area contributed by atoms with E-state index >= 15 is 0 Å². The zero-order valence-corrected chi connectivity index (χ0v) is 13.6. The number of Topliss-reactive ketones (excluding diaryl/α,β-unsaturated/α-hetero) is 1. The number of carbonyl (C=O) groups excluding carboxylic acids is 1. The number of anilines is 1. The lowest BCUT2D eigenvalue weighted by Crippen LogP contribution is -2.35. The van der Waals surface area contributed by atoms with E-state index in [2.05, 4.69) is 10.6 Å². The van der Waals surface area contributed by atoms with Gasteiger partial charge in [-0.2, -0.15) is 0 Å². The minimum absolute atomic E-state index is 0.0456. The molecule has 0 aliphatic carbocycles. The minimum atomic E-state index is -0.284. The largest absolute Gasteiger partial charge is 0.490 e. The summed E-state index contributed by atoms with van der Waals surface area (Å²) in [5.41, 5.74) is 2.57. The zero-order valence-electron chi connectivity index (χ0n) is 13.6. The van der Waals surface area contributed by atoms with Crippen molar-refractivity contribution in [3.05, 3.63) is 59.4 Å². The molecule has 24 heavy (non-hydrogen) atoms. The van der Waals surface area contributed by atoms with Crippen molar-refractivity contribution in [1.29, 1.82) is 0 Å². The van der Waals surface area contributed by atoms with Gasteiger partial charge in [-0.3, -0.25) is 4.79 Å². The Kier molecular flexibility index (Phi) is 5.11. The van der Waals surface area contributed by atoms with E-state index in [4.69, 9.17) is 4.74 Å². The lowest BCUT2D eigenvalue weighted by Gasteiger charge is -2.20. The number of fused-ring (bicyclic) bond motifs is 1. The van der Waals surface area contributed by atoms with Crippen molar-refractivity contribution in [2.45, 2.75) is 19.4 Å². The summed E-state index contributed by atoms with van der Waals surface area (Å²) < 4.78 is 18.4. The molecule has 1 atom stereocenters. The van der Waals surface area contributed by atoms with E-state index in [0.29, 0.717) is 18.7 Å². The second-order valence-electron chi connectivity index (χ2n) is 5.90. The van der Waals surface area contributed by atoms with E-state index in [1.54, 1.807) is 18.2 Å². The van der Waals surface area contributed by atoms with E-state index in [1.165, 1.54) is 12.1 Å². The van der Waals surface area contributed by atoms with Gasteiger partial charge in [0.1, 0.15) is 18.2 Å². The van der Waals surface area contributed by atoms with Crippen LogP contribution in [0.15, 0.2) is 42.5 Å². The van der Waals surface area contributed by atoms with Crippen molar-refractivity contribution in [3.8, 4) is 5.75 Å². The summed E-state index contributed by atoms with van der Waals surface area (Å²) in [6.45, 7) is 3.90. The highest BCUT2D eigenvalue weighted by molar-refractivity contribution is 6.01. The Morgan fingerprint density at radius 1 is 1.29 bits per heavy atom. The first-order valence-electron chi connectivity index (χ1n) is 8.16. The molecule has 2 N–H and O–H groups in total. The fourth-order valence-corrected chi connectivity index (χ4v) is 2.72. The van der Waals surface area contributed by atoms with Gasteiger partial charge in [-0.25, -0.2) is 4.39 Å². The molecule has 0 radical (unpaired) electrons. The topological polar surface area (TPSA) is 50.4 Å². The van der Waals surface area contributed by atoms with Crippen LogP contribution >= 0.6 is 0 Å². The lowest BCUT2D eigenvalue weighted by molar-refractivity contribution is 0.0951. The van der Waals surface area contributed by atoms with Crippen molar-refractivity contribution < 1.29 is 13.9 Å². The molecule has 1 aliphatic rings. The van der Waals surface area contributed by atoms with E-state index < -0.39 is 0 Å². The van der Waals surface area contributed by atoms with Gasteiger partial charge >= 0.3 is 0 Å². The third kappa shape index (κ3) is 3.92. The Labute approximate surface area is 141 Å². The summed E-state index contributed by atoms with van der Waals surface area (Å²) in [4.78, 5) is 12.5. The van der Waals surface area contributed by atoms with Gasteiger partial charge in [0.25, 0.3) is 0 Å². The maximum absolute atomic E-state index is 12.9. The van der Waals surface area contributed by atoms with Gasteiger partial charge in [-0.1, -0.05) is 12.1 Å². The molecule has 5 heteroatoms. The maximum atomic E-state index is 12.9. The van der Waals surface area contributed by atoms with Crippen LogP contribution in [0, 0.1) is 5.82 Å². The number of nitrogens with one attached hydrogen (secondary N) is 2. The molecule has 0 bridgehead atoms. The first kappa shape index (κ1) is 16.5. The molecule has 1 aliphatic heterocycles. The first-order valence-corrected chi connectivity index (χ1v) is 8.16. The number of ether oxygens (including phenoxy) is 1. The standard InChI is InChI=1S/C19H21FN2O2/c1-13(21-9-8-14-2-5-16(20)6-3-14)19(23)15-4-7-18-17(12-15)22-10-11-24-18/h2-7,12-13,21-22H,8-11H2,1H3. The number of benzene rings is 2. The number of ketones is 1. The van der Waals surface area contributed by atoms with Crippen LogP contribution in [-0.4, -0.2) is 31.5 Å². The van der Waals surface area contributed by atoms with Crippen LogP contribution in [-0.2, 0) is 6.42 Å². The average molecular weight is 328 g/mol. The molecule has 2 aromatic rings. The molecule has 2 aromatic carbocycles. The molecule has 0 saturated heterocycles. The van der Waals surface area contributed by atoms with E-state index in [0.717, 1.165) is 30.0 Å². The summed E-state index contributed by atoms with van der Waals surface area (Å²) in [6, 6.07) is 11.6. The highest BCUT2D eigenvalue weighted by Gasteiger charge is 2.17. The van der Waals surface area contributed by atoms with Gasteiger partial charge < -0.3 is 15.4 Å². The maximum Gasteiger partial charge on any atom is 0.179 e. The smallest absolute Gasteiger partial charge is 0.179 e. The normalized spacial score (nSPS) is 14.2. The molecule has 0 fully saturated rings. The summed E-state index contributed by atoms with van der Waals surface area (Å²) in [5.74, 6) is 0.597. The molecule has 0 aromatic heterocycles. The van der Waals surface area contributed by atoms with Crippen molar-refractivity contribution >= 4 is 11.5 Å². The lowest BCUT2D eigenvalue weighted by atomic mass is 10.0. The fourth-order valence-electron chi connectivity index (χ4n) is 2.72. The van der Waals surface area contributed by atoms with Crippen LogP contribution in [0.2, 0.25) is 0 Å². The minimum Gasteiger partial charge on any atom is -0.490 e. The highest BCUT2D eigenvalue weighted by Crippen LogP contribution is 2.28. The monoisotopic (exact) mass is 328 g/mol. The van der Waals surface area contributed by atoms with Crippen molar-refractivity contribution in [1.82, 2.24) is 5.32 Å². The fraction of sp³-hybridized carbons (Fsp3) is 0.316. The zero-order chi connectivity index (χ0) is 16.9. The number of halogens is 1. The number of hydrogen-bond acceptors (Lipinski definition) is 4. The number of rotatable bonds is 6. The molecule has 126 valence electrons. The average Bonchev–Trinajstić information content (AvgIpc) is 2.62. The predicted octanol–water partition coefficient (Wildman–Crippen LogP) is 3.03. The second kappa shape index (κ2) is 7.45. The number of hydrogen-bond donors (Lipinski definition) is 2. The second-order valence-corrected chi connectivity index (χ2v) is 5.90. The van der Waals surface area contributed by atoms with Crippen molar-refractivity contribution in [2.75, 3.05) is 25.0 Å². The Morgan fingerprint density at radius 3 is 2.88 bits per heavy atom. The van der Waals surface area contributed by atoms with Gasteiger partial charge in [0.05, 0.1) is 11.7 Å². The third-order valence-corrected chi connectivity index (χ3v) is 4.11. The van der Waals surface area contributed by atoms with E-state index in [1.807, 2.05) is 19.1 Å². The van der Waals surface area contributed by atoms with Crippen LogP contribution < -0.4 is 15.4 Å². The first-order chi connectivity index (χ1) is 11.6. The molecular formula is C19H21FN2O2. The Balaban J connectivity index is 1.55. The molecule has 0 saturated carbocycles. The van der Waals surface area contributed by atoms with E-state index in [-0.39, 0.29) is 17.6 Å². The Hall–Kier alpha value is -2.40. The van der Waals surface area contributed by atoms with Crippen LogP contribution in [0.25, 0.3) is 0 Å². The summed E-state index contributed by atoms with van der Waals surface area (Å²) in [6.07, 6.45) is 0.748. The van der Waals surface area contributed by atoms with Crippen LogP contribution in [0.4, 0.5) is 10.1 Å². The van der Waals surface area contributed by atoms with Gasteiger partial charge in [-0.05, 0) is 55.8 Å². The van der Waals surface area contributed by atoms with Crippen LogP contribution in [0.3, 0.4) is 0 Å². The summed E-state index contributed by atoms with van der Waals surface area (Å²) in [5, 5.41) is 6.47. The van der Waals surface area contributed by atoms with Gasteiger partial charge in [0.2, 0.25) is 0 Å². The van der Waals surface area contributed by atoms with Crippen LogP contribution in [0.5, 0.6) is 5.75 Å². The quantitative estimate of drug-likeness (QED) is 0.800. The van der Waals surface area contributed by atoms with Gasteiger partial charge in [-0.15, -0.1) is 0 Å². The molecule has 1 heterocycles. The molecule has 0 spiro atoms. The predicted molar refractivity (Wildman–Crippen MR) is 92.3 cm³/mol. The van der Waals surface area contributed by atoms with Crippen molar-refractivity contribution in [3.63, 3.8) is 0 Å². The summed E-state index contributed by atoms with van der Waals surface area (Å²) >= 11 is 0. The molecule has 0 amide bonds. The SMILES string of the molecule is CC(NCCc1ccc(F)cc1)C(=O)c1ccc2c(c1)NCCO2. The van der Waals surface area contributed by atoms with E-state index in [9.17, 15) is 9.18 Å². The number of carbonyl (C=O) groups is 1. The molecule has 4 nitrogen and oxygen atoms in total. The Morgan fingerprint density at radius 2 is 2.08 bits per heavy atom. The molecule has 3 rings (SSSR count). The molecular weight excluding hydrogens is 307 g/mol. The Bertz CT molecular complexity index is 716. The highest BCUT2D eigenvalue weighted by atomic mass is 19.1. The third-order valence-electron chi connectivity index (χ3n) is 4.11. The summed E-state index contributed by atoms with van der Waals surface area (Å²) in [7, 11) is 0. The van der Waals surface area contributed by atoms with Crippen LogP contribution in [0.1, 0.15) is 22.8 Å². The van der Waals surface area contributed by atoms with Gasteiger partial charge in [0.15, 0.2) is 5.78 Å².